The Hall–Kier alpha value is -3.08. The van der Waals surface area contributed by atoms with Gasteiger partial charge in [0.05, 0.1) is 12.2 Å². The van der Waals surface area contributed by atoms with Crippen LogP contribution in [0.2, 0.25) is 0 Å². The predicted molar refractivity (Wildman–Crippen MR) is 99.2 cm³/mol. The highest BCUT2D eigenvalue weighted by molar-refractivity contribution is 5.84. The van der Waals surface area contributed by atoms with Gasteiger partial charge in [-0.05, 0) is 43.2 Å². The van der Waals surface area contributed by atoms with Crippen LogP contribution in [0, 0.1) is 13.8 Å². The van der Waals surface area contributed by atoms with Crippen molar-refractivity contribution in [3.05, 3.63) is 83.2 Å². The minimum Gasteiger partial charge on any atom is -0.370 e. The van der Waals surface area contributed by atoms with Crippen molar-refractivity contribution < 1.29 is 4.79 Å². The molecule has 5 heteroatoms. The molecule has 1 aromatic heterocycles. The van der Waals surface area contributed by atoms with Gasteiger partial charge in [0.15, 0.2) is 0 Å². The van der Waals surface area contributed by atoms with Gasteiger partial charge in [-0.1, -0.05) is 42.5 Å². The fourth-order valence-electron chi connectivity index (χ4n) is 2.90. The molecule has 0 saturated heterocycles. The van der Waals surface area contributed by atoms with E-state index < -0.39 is 11.9 Å². The van der Waals surface area contributed by atoms with Crippen molar-refractivity contribution in [1.82, 2.24) is 9.78 Å². The summed E-state index contributed by atoms with van der Waals surface area (Å²) in [5.74, 6) is -0.407. The van der Waals surface area contributed by atoms with Crippen LogP contribution in [0.15, 0.2) is 60.7 Å². The summed E-state index contributed by atoms with van der Waals surface area (Å²) < 4.78 is 1.97. The number of carbonyl (C=O) groups excluding carboxylic acids is 1. The van der Waals surface area contributed by atoms with Gasteiger partial charge < -0.3 is 11.1 Å². The van der Waals surface area contributed by atoms with Crippen molar-refractivity contribution in [1.29, 1.82) is 0 Å². The van der Waals surface area contributed by atoms with Gasteiger partial charge in [-0.25, -0.2) is 0 Å². The van der Waals surface area contributed by atoms with Gasteiger partial charge in [0.2, 0.25) is 5.91 Å². The lowest BCUT2D eigenvalue weighted by Crippen LogP contribution is -2.27. The van der Waals surface area contributed by atoms with E-state index in [2.05, 4.69) is 16.5 Å². The summed E-state index contributed by atoms with van der Waals surface area (Å²) in [6.07, 6.45) is 0. The molecule has 2 aromatic carbocycles. The standard InChI is InChI=1S/C20H22N4O/c1-14-11-15(2)24(23-14)13-16-7-6-10-18(12-16)22-19(20(21)25)17-8-4-3-5-9-17/h3-12,19,22H,13H2,1-2H3,(H2,21,25). The molecular formula is C20H22N4O. The Kier molecular flexibility index (Phi) is 4.84. The average molecular weight is 334 g/mol. The van der Waals surface area contributed by atoms with Gasteiger partial charge in [-0.3, -0.25) is 9.48 Å². The molecule has 0 aliphatic rings. The van der Waals surface area contributed by atoms with Crippen molar-refractivity contribution in [3.8, 4) is 0 Å². The highest BCUT2D eigenvalue weighted by Crippen LogP contribution is 2.21. The zero-order chi connectivity index (χ0) is 17.8. The molecular weight excluding hydrogens is 312 g/mol. The quantitative estimate of drug-likeness (QED) is 0.727. The molecule has 25 heavy (non-hydrogen) atoms. The fraction of sp³-hybridized carbons (Fsp3) is 0.200. The molecule has 0 fully saturated rings. The average Bonchev–Trinajstić information content (AvgIpc) is 2.91. The van der Waals surface area contributed by atoms with E-state index in [9.17, 15) is 4.79 Å². The first-order valence-corrected chi connectivity index (χ1v) is 8.24. The minimum absolute atomic E-state index is 0.407. The predicted octanol–water partition coefficient (Wildman–Crippen LogP) is 3.19. The molecule has 0 radical (unpaired) electrons. The van der Waals surface area contributed by atoms with Crippen molar-refractivity contribution in [2.24, 2.45) is 5.73 Å². The van der Waals surface area contributed by atoms with Crippen molar-refractivity contribution in [3.63, 3.8) is 0 Å². The van der Waals surface area contributed by atoms with Crippen LogP contribution in [-0.2, 0) is 11.3 Å². The van der Waals surface area contributed by atoms with Crippen molar-refractivity contribution in [2.75, 3.05) is 5.32 Å². The lowest BCUT2D eigenvalue weighted by atomic mass is 10.1. The maximum Gasteiger partial charge on any atom is 0.244 e. The Labute approximate surface area is 147 Å². The van der Waals surface area contributed by atoms with E-state index in [1.54, 1.807) is 0 Å². The van der Waals surface area contributed by atoms with E-state index in [-0.39, 0.29) is 0 Å². The summed E-state index contributed by atoms with van der Waals surface area (Å²) in [4.78, 5) is 11.9. The Morgan fingerprint density at radius 1 is 1.12 bits per heavy atom. The molecule has 0 spiro atoms. The molecule has 0 aliphatic carbocycles. The molecule has 5 nitrogen and oxygen atoms in total. The summed E-state index contributed by atoms with van der Waals surface area (Å²) >= 11 is 0. The smallest absolute Gasteiger partial charge is 0.244 e. The largest absolute Gasteiger partial charge is 0.370 e. The first kappa shape index (κ1) is 16.8. The first-order chi connectivity index (χ1) is 12.0. The number of nitrogens with one attached hydrogen (secondary N) is 1. The third-order valence-corrected chi connectivity index (χ3v) is 4.09. The Balaban J connectivity index is 1.81. The summed E-state index contributed by atoms with van der Waals surface area (Å²) in [5, 5.41) is 7.73. The number of hydrogen-bond donors (Lipinski definition) is 2. The zero-order valence-electron chi connectivity index (χ0n) is 14.4. The van der Waals surface area contributed by atoms with Crippen molar-refractivity contribution in [2.45, 2.75) is 26.4 Å². The highest BCUT2D eigenvalue weighted by Gasteiger charge is 2.17. The lowest BCUT2D eigenvalue weighted by Gasteiger charge is -2.18. The minimum atomic E-state index is -0.565. The zero-order valence-corrected chi connectivity index (χ0v) is 14.4. The second-order valence-corrected chi connectivity index (χ2v) is 6.18. The topological polar surface area (TPSA) is 72.9 Å². The van der Waals surface area contributed by atoms with E-state index in [0.29, 0.717) is 6.54 Å². The number of nitrogens with zero attached hydrogens (tertiary/aromatic N) is 2. The van der Waals surface area contributed by atoms with E-state index in [4.69, 9.17) is 5.73 Å². The van der Waals surface area contributed by atoms with Gasteiger partial charge in [0.1, 0.15) is 6.04 Å². The number of benzene rings is 2. The molecule has 1 unspecified atom stereocenters. The van der Waals surface area contributed by atoms with Crippen LogP contribution >= 0.6 is 0 Å². The van der Waals surface area contributed by atoms with Crippen LogP contribution in [0.1, 0.15) is 28.6 Å². The molecule has 1 atom stereocenters. The van der Waals surface area contributed by atoms with Gasteiger partial charge in [-0.15, -0.1) is 0 Å². The fourth-order valence-corrected chi connectivity index (χ4v) is 2.90. The molecule has 3 rings (SSSR count). The number of hydrogen-bond acceptors (Lipinski definition) is 3. The van der Waals surface area contributed by atoms with Crippen LogP contribution in [-0.4, -0.2) is 15.7 Å². The van der Waals surface area contributed by atoms with Gasteiger partial charge in [0.25, 0.3) is 0 Å². The molecule has 3 N–H and O–H groups in total. The molecule has 0 aliphatic heterocycles. The first-order valence-electron chi connectivity index (χ1n) is 8.24. The van der Waals surface area contributed by atoms with Gasteiger partial charge >= 0.3 is 0 Å². The lowest BCUT2D eigenvalue weighted by molar-refractivity contribution is -0.118. The maximum absolute atomic E-state index is 11.9. The number of aryl methyl sites for hydroxylation is 2. The molecule has 1 amide bonds. The number of aromatic nitrogens is 2. The SMILES string of the molecule is Cc1cc(C)n(Cc2cccc(NC(C(N)=O)c3ccccc3)c2)n1. The summed E-state index contributed by atoms with van der Waals surface area (Å²) in [5.41, 5.74) is 10.5. The third-order valence-electron chi connectivity index (χ3n) is 4.09. The number of anilines is 1. The van der Waals surface area contributed by atoms with Crippen molar-refractivity contribution >= 4 is 11.6 Å². The number of primary amides is 1. The molecule has 3 aromatic rings. The molecule has 0 saturated carbocycles. The molecule has 1 heterocycles. The second-order valence-electron chi connectivity index (χ2n) is 6.18. The number of nitrogens with two attached hydrogens (primary N) is 1. The maximum atomic E-state index is 11.9. The number of carbonyl (C=O) groups is 1. The summed E-state index contributed by atoms with van der Waals surface area (Å²) in [7, 11) is 0. The van der Waals surface area contributed by atoms with Crippen LogP contribution < -0.4 is 11.1 Å². The Morgan fingerprint density at radius 2 is 1.88 bits per heavy atom. The Morgan fingerprint density at radius 3 is 2.52 bits per heavy atom. The van der Waals surface area contributed by atoms with Gasteiger partial charge in [-0.2, -0.15) is 5.10 Å². The summed E-state index contributed by atoms with van der Waals surface area (Å²) in [6.45, 7) is 4.71. The summed E-state index contributed by atoms with van der Waals surface area (Å²) in [6, 6.07) is 18.9. The van der Waals surface area contributed by atoms with E-state index in [0.717, 1.165) is 28.2 Å². The monoisotopic (exact) mass is 334 g/mol. The second kappa shape index (κ2) is 7.21. The third kappa shape index (κ3) is 4.07. The van der Waals surface area contributed by atoms with E-state index >= 15 is 0 Å². The van der Waals surface area contributed by atoms with Crippen LogP contribution in [0.5, 0.6) is 0 Å². The molecule has 128 valence electrons. The Bertz CT molecular complexity index is 870. The van der Waals surface area contributed by atoms with E-state index in [1.807, 2.05) is 73.1 Å². The number of amides is 1. The number of rotatable bonds is 6. The van der Waals surface area contributed by atoms with Crippen LogP contribution in [0.4, 0.5) is 5.69 Å². The van der Waals surface area contributed by atoms with Crippen LogP contribution in [0.25, 0.3) is 0 Å². The van der Waals surface area contributed by atoms with E-state index in [1.165, 1.54) is 0 Å². The normalized spacial score (nSPS) is 11.9. The van der Waals surface area contributed by atoms with Crippen LogP contribution in [0.3, 0.4) is 0 Å². The highest BCUT2D eigenvalue weighted by atomic mass is 16.1. The van der Waals surface area contributed by atoms with Gasteiger partial charge in [0, 0.05) is 11.4 Å². The molecule has 0 bridgehead atoms.